The van der Waals surface area contributed by atoms with Crippen molar-refractivity contribution in [2.75, 3.05) is 0 Å². The second kappa shape index (κ2) is 2.91. The second-order valence-corrected chi connectivity index (χ2v) is 3.81. The van der Waals surface area contributed by atoms with Crippen molar-refractivity contribution in [3.8, 4) is 0 Å². The van der Waals surface area contributed by atoms with E-state index in [0.717, 1.165) is 11.8 Å². The van der Waals surface area contributed by atoms with E-state index in [1.807, 2.05) is 6.07 Å². The molecule has 0 amide bonds. The first-order chi connectivity index (χ1) is 5.79. The fourth-order valence-electron chi connectivity index (χ4n) is 1.77. The van der Waals surface area contributed by atoms with Crippen molar-refractivity contribution in [3.05, 3.63) is 35.9 Å². The van der Waals surface area contributed by atoms with Gasteiger partial charge in [-0.2, -0.15) is 0 Å². The summed E-state index contributed by atoms with van der Waals surface area (Å²) in [6.07, 6.45) is 1.30. The second-order valence-electron chi connectivity index (χ2n) is 3.81. The van der Waals surface area contributed by atoms with E-state index in [0.29, 0.717) is 0 Å². The Kier molecular flexibility index (Phi) is 1.89. The largest absolute Gasteiger partial charge is 0.324 e. The minimum atomic E-state index is 0.265. The van der Waals surface area contributed by atoms with Crippen LogP contribution in [-0.2, 0) is 0 Å². The summed E-state index contributed by atoms with van der Waals surface area (Å²) in [6.45, 7) is 2.27. The zero-order valence-electron chi connectivity index (χ0n) is 7.40. The van der Waals surface area contributed by atoms with Crippen LogP contribution < -0.4 is 5.73 Å². The Morgan fingerprint density at radius 2 is 1.92 bits per heavy atom. The van der Waals surface area contributed by atoms with E-state index in [-0.39, 0.29) is 6.04 Å². The molecule has 1 aliphatic rings. The maximum Gasteiger partial charge on any atom is 0.0326 e. The van der Waals surface area contributed by atoms with Gasteiger partial charge in [0.25, 0.3) is 0 Å². The van der Waals surface area contributed by atoms with Crippen LogP contribution >= 0.6 is 0 Å². The maximum atomic E-state index is 6.09. The van der Waals surface area contributed by atoms with Crippen molar-refractivity contribution in [1.82, 2.24) is 0 Å². The van der Waals surface area contributed by atoms with Gasteiger partial charge in [0.05, 0.1) is 0 Å². The van der Waals surface area contributed by atoms with Crippen LogP contribution in [0.15, 0.2) is 30.3 Å². The van der Waals surface area contributed by atoms with Crippen molar-refractivity contribution in [3.63, 3.8) is 0 Å². The molecule has 1 nitrogen and oxygen atoms in total. The summed E-state index contributed by atoms with van der Waals surface area (Å²) in [5, 5.41) is 0. The first kappa shape index (κ1) is 7.81. The molecule has 0 bridgehead atoms. The van der Waals surface area contributed by atoms with E-state index in [4.69, 9.17) is 5.73 Å². The van der Waals surface area contributed by atoms with Gasteiger partial charge in [-0.25, -0.2) is 0 Å². The van der Waals surface area contributed by atoms with Crippen LogP contribution in [0.4, 0.5) is 0 Å². The lowest BCUT2D eigenvalue weighted by molar-refractivity contribution is 0.593. The summed E-state index contributed by atoms with van der Waals surface area (Å²) in [7, 11) is 0. The standard InChI is InChI=1S/C11H15N/c1-8-7-10(8)11(12)9-5-3-2-4-6-9/h2-6,8,10-11H,7,12H2,1H3/t8-,10+,11-/m0/s1. The highest BCUT2D eigenvalue weighted by atomic mass is 14.7. The summed E-state index contributed by atoms with van der Waals surface area (Å²) < 4.78 is 0. The smallest absolute Gasteiger partial charge is 0.0326 e. The third-order valence-corrected chi connectivity index (χ3v) is 2.82. The number of benzene rings is 1. The molecule has 0 saturated heterocycles. The van der Waals surface area contributed by atoms with Crippen LogP contribution in [-0.4, -0.2) is 0 Å². The molecule has 64 valence electrons. The van der Waals surface area contributed by atoms with Gasteiger partial charge in [0.2, 0.25) is 0 Å². The molecule has 1 aliphatic carbocycles. The van der Waals surface area contributed by atoms with Crippen LogP contribution in [0, 0.1) is 11.8 Å². The molecule has 2 N–H and O–H groups in total. The molecule has 1 aromatic carbocycles. The van der Waals surface area contributed by atoms with Crippen LogP contribution in [0.25, 0.3) is 0 Å². The molecule has 1 fully saturated rings. The number of nitrogens with two attached hydrogens (primary N) is 1. The molecule has 0 unspecified atom stereocenters. The van der Waals surface area contributed by atoms with Gasteiger partial charge in [-0.3, -0.25) is 0 Å². The third-order valence-electron chi connectivity index (χ3n) is 2.82. The summed E-state index contributed by atoms with van der Waals surface area (Å²) in [6, 6.07) is 10.7. The van der Waals surface area contributed by atoms with Crippen molar-refractivity contribution < 1.29 is 0 Å². The highest BCUT2D eigenvalue weighted by Crippen LogP contribution is 2.45. The molecule has 0 aliphatic heterocycles. The summed E-state index contributed by atoms with van der Waals surface area (Å²) >= 11 is 0. The zero-order valence-corrected chi connectivity index (χ0v) is 7.40. The fraction of sp³-hybridized carbons (Fsp3) is 0.455. The molecular weight excluding hydrogens is 146 g/mol. The molecule has 3 atom stereocenters. The number of rotatable bonds is 2. The Morgan fingerprint density at radius 1 is 1.33 bits per heavy atom. The molecule has 1 aromatic rings. The monoisotopic (exact) mass is 161 g/mol. The van der Waals surface area contributed by atoms with Gasteiger partial charge in [-0.15, -0.1) is 0 Å². The van der Waals surface area contributed by atoms with Gasteiger partial charge < -0.3 is 5.73 Å². The van der Waals surface area contributed by atoms with Crippen molar-refractivity contribution in [2.45, 2.75) is 19.4 Å². The Morgan fingerprint density at radius 3 is 2.42 bits per heavy atom. The summed E-state index contributed by atoms with van der Waals surface area (Å²) in [5.41, 5.74) is 7.37. The van der Waals surface area contributed by atoms with E-state index >= 15 is 0 Å². The highest BCUT2D eigenvalue weighted by Gasteiger charge is 2.37. The van der Waals surface area contributed by atoms with E-state index in [1.54, 1.807) is 0 Å². The predicted octanol–water partition coefficient (Wildman–Crippen LogP) is 2.34. The first-order valence-corrected chi connectivity index (χ1v) is 4.59. The Bertz CT molecular complexity index is 255. The maximum absolute atomic E-state index is 6.09. The van der Waals surface area contributed by atoms with Crippen LogP contribution in [0.3, 0.4) is 0 Å². The van der Waals surface area contributed by atoms with E-state index in [2.05, 4.69) is 31.2 Å². The van der Waals surface area contributed by atoms with E-state index in [9.17, 15) is 0 Å². The lowest BCUT2D eigenvalue weighted by Crippen LogP contribution is -2.12. The number of hydrogen-bond acceptors (Lipinski definition) is 1. The summed E-state index contributed by atoms with van der Waals surface area (Å²) in [4.78, 5) is 0. The average molecular weight is 161 g/mol. The van der Waals surface area contributed by atoms with Gasteiger partial charge >= 0.3 is 0 Å². The van der Waals surface area contributed by atoms with E-state index < -0.39 is 0 Å². The average Bonchev–Trinajstić information content (AvgIpc) is 2.83. The van der Waals surface area contributed by atoms with E-state index in [1.165, 1.54) is 12.0 Å². The van der Waals surface area contributed by atoms with Gasteiger partial charge in [0.1, 0.15) is 0 Å². The molecule has 0 aromatic heterocycles. The van der Waals surface area contributed by atoms with Gasteiger partial charge in [-0.05, 0) is 23.8 Å². The minimum absolute atomic E-state index is 0.265. The molecule has 1 saturated carbocycles. The molecule has 0 radical (unpaired) electrons. The molecule has 0 heterocycles. The fourth-order valence-corrected chi connectivity index (χ4v) is 1.77. The number of hydrogen-bond donors (Lipinski definition) is 1. The molecule has 2 rings (SSSR count). The van der Waals surface area contributed by atoms with Crippen LogP contribution in [0.1, 0.15) is 24.9 Å². The highest BCUT2D eigenvalue weighted by molar-refractivity contribution is 5.20. The molecular formula is C11H15N. The molecule has 12 heavy (non-hydrogen) atoms. The zero-order chi connectivity index (χ0) is 8.55. The first-order valence-electron chi connectivity index (χ1n) is 4.59. The Hall–Kier alpha value is -0.820. The van der Waals surface area contributed by atoms with Crippen molar-refractivity contribution in [2.24, 2.45) is 17.6 Å². The molecule has 1 heteroatoms. The van der Waals surface area contributed by atoms with Gasteiger partial charge in [0.15, 0.2) is 0 Å². The predicted molar refractivity (Wildman–Crippen MR) is 50.6 cm³/mol. The topological polar surface area (TPSA) is 26.0 Å². The minimum Gasteiger partial charge on any atom is -0.324 e. The van der Waals surface area contributed by atoms with Gasteiger partial charge in [-0.1, -0.05) is 37.3 Å². The van der Waals surface area contributed by atoms with Crippen molar-refractivity contribution >= 4 is 0 Å². The quantitative estimate of drug-likeness (QED) is 0.708. The Labute approximate surface area is 73.6 Å². The Balaban J connectivity index is 2.10. The lowest BCUT2D eigenvalue weighted by atomic mass is 10.0. The third kappa shape index (κ3) is 1.37. The molecule has 0 spiro atoms. The van der Waals surface area contributed by atoms with Crippen LogP contribution in [0.5, 0.6) is 0 Å². The van der Waals surface area contributed by atoms with Crippen molar-refractivity contribution in [1.29, 1.82) is 0 Å². The van der Waals surface area contributed by atoms with Crippen LogP contribution in [0.2, 0.25) is 0 Å². The summed E-state index contributed by atoms with van der Waals surface area (Å²) in [5.74, 6) is 1.56. The van der Waals surface area contributed by atoms with Gasteiger partial charge in [0, 0.05) is 6.04 Å². The SMILES string of the molecule is C[C@H]1C[C@H]1[C@@H](N)c1ccccc1. The lowest BCUT2D eigenvalue weighted by Gasteiger charge is -2.10. The normalized spacial score (nSPS) is 29.8.